The van der Waals surface area contributed by atoms with E-state index in [1.807, 2.05) is 16.9 Å². The molecule has 5 heteroatoms. The molecule has 1 amide bonds. The molecule has 0 saturated carbocycles. The van der Waals surface area contributed by atoms with Crippen LogP contribution in [0.5, 0.6) is 0 Å². The van der Waals surface area contributed by atoms with Crippen LogP contribution < -0.4 is 10.6 Å². The van der Waals surface area contributed by atoms with Crippen LogP contribution in [-0.4, -0.2) is 35.3 Å². The average molecular weight is 264 g/mol. The van der Waals surface area contributed by atoms with Crippen LogP contribution >= 0.6 is 0 Å². The highest BCUT2D eigenvalue weighted by Crippen LogP contribution is 2.31. The molecule has 0 bridgehead atoms. The number of amides is 1. The summed E-state index contributed by atoms with van der Waals surface area (Å²) in [5, 5.41) is 10.6. The van der Waals surface area contributed by atoms with Gasteiger partial charge in [-0.1, -0.05) is 13.3 Å². The SMILES string of the molecule is CCCC1(C(=O)NCCn2cccn2)CCCNC1. The van der Waals surface area contributed by atoms with Crippen molar-refractivity contribution in [3.8, 4) is 0 Å². The molecule has 1 atom stereocenters. The second kappa shape index (κ2) is 6.70. The Labute approximate surface area is 114 Å². The summed E-state index contributed by atoms with van der Waals surface area (Å²) >= 11 is 0. The molecule has 0 aliphatic carbocycles. The van der Waals surface area contributed by atoms with Crippen molar-refractivity contribution < 1.29 is 4.79 Å². The number of hydrogen-bond donors (Lipinski definition) is 2. The van der Waals surface area contributed by atoms with Gasteiger partial charge in [-0.05, 0) is 31.9 Å². The van der Waals surface area contributed by atoms with E-state index in [9.17, 15) is 4.79 Å². The minimum atomic E-state index is -0.197. The molecule has 0 radical (unpaired) electrons. The summed E-state index contributed by atoms with van der Waals surface area (Å²) in [6.07, 6.45) is 7.78. The van der Waals surface area contributed by atoms with E-state index < -0.39 is 0 Å². The van der Waals surface area contributed by atoms with Gasteiger partial charge in [0.05, 0.1) is 12.0 Å². The lowest BCUT2D eigenvalue weighted by atomic mass is 9.76. The maximum atomic E-state index is 12.5. The molecular weight excluding hydrogens is 240 g/mol. The van der Waals surface area contributed by atoms with Crippen LogP contribution in [0.25, 0.3) is 0 Å². The monoisotopic (exact) mass is 264 g/mol. The second-order valence-electron chi connectivity index (χ2n) is 5.34. The molecule has 1 aromatic rings. The Morgan fingerprint density at radius 2 is 2.47 bits per heavy atom. The van der Waals surface area contributed by atoms with Gasteiger partial charge in [0.15, 0.2) is 0 Å². The van der Waals surface area contributed by atoms with Crippen molar-refractivity contribution in [2.45, 2.75) is 39.2 Å². The first-order chi connectivity index (χ1) is 9.27. The highest BCUT2D eigenvalue weighted by Gasteiger charge is 2.38. The van der Waals surface area contributed by atoms with E-state index in [1.165, 1.54) is 0 Å². The second-order valence-corrected chi connectivity index (χ2v) is 5.34. The fraction of sp³-hybridized carbons (Fsp3) is 0.714. The third-order valence-electron chi connectivity index (χ3n) is 3.87. The van der Waals surface area contributed by atoms with E-state index in [0.29, 0.717) is 6.54 Å². The summed E-state index contributed by atoms with van der Waals surface area (Å²) < 4.78 is 1.84. The Balaban J connectivity index is 1.85. The molecule has 1 aliphatic rings. The molecule has 2 heterocycles. The molecule has 19 heavy (non-hydrogen) atoms. The smallest absolute Gasteiger partial charge is 0.227 e. The molecule has 106 valence electrons. The van der Waals surface area contributed by atoms with E-state index in [-0.39, 0.29) is 11.3 Å². The topological polar surface area (TPSA) is 59.0 Å². The zero-order valence-electron chi connectivity index (χ0n) is 11.7. The minimum absolute atomic E-state index is 0.197. The minimum Gasteiger partial charge on any atom is -0.354 e. The number of rotatable bonds is 6. The van der Waals surface area contributed by atoms with Gasteiger partial charge in [0.2, 0.25) is 5.91 Å². The summed E-state index contributed by atoms with van der Waals surface area (Å²) in [4.78, 5) is 12.5. The third kappa shape index (κ3) is 3.56. The Morgan fingerprint density at radius 3 is 3.11 bits per heavy atom. The molecule has 2 rings (SSSR count). The van der Waals surface area contributed by atoms with Crippen LogP contribution in [0.3, 0.4) is 0 Å². The fourth-order valence-corrected chi connectivity index (χ4v) is 2.87. The number of hydrogen-bond acceptors (Lipinski definition) is 3. The molecule has 1 aromatic heterocycles. The first kappa shape index (κ1) is 14.1. The van der Waals surface area contributed by atoms with Crippen molar-refractivity contribution in [2.75, 3.05) is 19.6 Å². The van der Waals surface area contributed by atoms with Crippen molar-refractivity contribution in [2.24, 2.45) is 5.41 Å². The van der Waals surface area contributed by atoms with Gasteiger partial charge in [0, 0.05) is 25.5 Å². The quantitative estimate of drug-likeness (QED) is 0.811. The lowest BCUT2D eigenvalue weighted by molar-refractivity contribution is -0.132. The van der Waals surface area contributed by atoms with Crippen molar-refractivity contribution in [1.82, 2.24) is 20.4 Å². The Morgan fingerprint density at radius 1 is 1.58 bits per heavy atom. The van der Waals surface area contributed by atoms with Gasteiger partial charge in [-0.25, -0.2) is 0 Å². The van der Waals surface area contributed by atoms with E-state index in [1.54, 1.807) is 6.20 Å². The predicted molar refractivity (Wildman–Crippen MR) is 74.7 cm³/mol. The first-order valence-corrected chi connectivity index (χ1v) is 7.23. The normalized spacial score (nSPS) is 23.2. The number of nitrogens with zero attached hydrogens (tertiary/aromatic N) is 2. The maximum absolute atomic E-state index is 12.5. The van der Waals surface area contributed by atoms with Gasteiger partial charge in [0.25, 0.3) is 0 Å². The Bertz CT molecular complexity index is 377. The number of carbonyl (C=O) groups excluding carboxylic acids is 1. The van der Waals surface area contributed by atoms with Crippen molar-refractivity contribution >= 4 is 5.91 Å². The summed E-state index contributed by atoms with van der Waals surface area (Å²) in [6.45, 7) is 5.37. The first-order valence-electron chi connectivity index (χ1n) is 7.23. The van der Waals surface area contributed by atoms with E-state index >= 15 is 0 Å². The molecule has 1 unspecified atom stereocenters. The molecule has 2 N–H and O–H groups in total. The summed E-state index contributed by atoms with van der Waals surface area (Å²) in [5.41, 5.74) is -0.197. The predicted octanol–water partition coefficient (Wildman–Crippen LogP) is 1.17. The Kier molecular flexibility index (Phi) is 4.96. The maximum Gasteiger partial charge on any atom is 0.227 e. The van der Waals surface area contributed by atoms with Crippen LogP contribution in [0.2, 0.25) is 0 Å². The zero-order chi connectivity index (χ0) is 13.6. The number of carbonyl (C=O) groups is 1. The molecule has 1 fully saturated rings. The van der Waals surface area contributed by atoms with Crippen molar-refractivity contribution in [3.05, 3.63) is 18.5 Å². The summed E-state index contributed by atoms with van der Waals surface area (Å²) in [7, 11) is 0. The summed E-state index contributed by atoms with van der Waals surface area (Å²) in [6, 6.07) is 1.89. The number of nitrogens with one attached hydrogen (secondary N) is 2. The molecule has 0 spiro atoms. The van der Waals surface area contributed by atoms with E-state index in [0.717, 1.165) is 45.3 Å². The van der Waals surface area contributed by atoms with Crippen LogP contribution in [0.15, 0.2) is 18.5 Å². The van der Waals surface area contributed by atoms with Gasteiger partial charge in [0.1, 0.15) is 0 Å². The number of piperidine rings is 1. The van der Waals surface area contributed by atoms with E-state index in [4.69, 9.17) is 0 Å². The molecule has 0 aromatic carbocycles. The summed E-state index contributed by atoms with van der Waals surface area (Å²) in [5.74, 6) is 0.203. The van der Waals surface area contributed by atoms with Gasteiger partial charge in [-0.3, -0.25) is 9.48 Å². The van der Waals surface area contributed by atoms with Gasteiger partial charge in [-0.15, -0.1) is 0 Å². The lowest BCUT2D eigenvalue weighted by Crippen LogP contribution is -2.50. The van der Waals surface area contributed by atoms with Crippen LogP contribution in [-0.2, 0) is 11.3 Å². The van der Waals surface area contributed by atoms with Gasteiger partial charge in [-0.2, -0.15) is 5.10 Å². The van der Waals surface area contributed by atoms with Gasteiger partial charge >= 0.3 is 0 Å². The van der Waals surface area contributed by atoms with Crippen LogP contribution in [0.4, 0.5) is 0 Å². The van der Waals surface area contributed by atoms with Crippen LogP contribution in [0.1, 0.15) is 32.6 Å². The van der Waals surface area contributed by atoms with Crippen molar-refractivity contribution in [3.63, 3.8) is 0 Å². The number of aromatic nitrogens is 2. The van der Waals surface area contributed by atoms with Gasteiger partial charge < -0.3 is 10.6 Å². The largest absolute Gasteiger partial charge is 0.354 e. The zero-order valence-corrected chi connectivity index (χ0v) is 11.7. The van der Waals surface area contributed by atoms with Crippen molar-refractivity contribution in [1.29, 1.82) is 0 Å². The fourth-order valence-electron chi connectivity index (χ4n) is 2.87. The highest BCUT2D eigenvalue weighted by molar-refractivity contribution is 5.83. The molecule has 1 aliphatic heterocycles. The lowest BCUT2D eigenvalue weighted by Gasteiger charge is -2.36. The standard InChI is InChI=1S/C14H24N4O/c1-2-5-14(6-3-7-15-12-14)13(19)16-9-11-18-10-4-8-17-18/h4,8,10,15H,2-3,5-7,9,11-12H2,1H3,(H,16,19). The highest BCUT2D eigenvalue weighted by atomic mass is 16.2. The van der Waals surface area contributed by atoms with Crippen LogP contribution in [0, 0.1) is 5.41 Å². The third-order valence-corrected chi connectivity index (χ3v) is 3.87. The van der Waals surface area contributed by atoms with E-state index in [2.05, 4.69) is 22.7 Å². The average Bonchev–Trinajstić information content (AvgIpc) is 2.93. The molecular formula is C14H24N4O. The molecule has 5 nitrogen and oxygen atoms in total. The molecule has 1 saturated heterocycles. The Hall–Kier alpha value is -1.36.